The first kappa shape index (κ1) is 32.3. The number of halogens is 2. The summed E-state index contributed by atoms with van der Waals surface area (Å²) in [7, 11) is -4.32. The molecule has 10 heteroatoms. The van der Waals surface area contributed by atoms with E-state index < -0.39 is 46.1 Å². The fraction of sp³-hybridized carbons (Fsp3) is 0.235. The highest BCUT2D eigenvalue weighted by Crippen LogP contribution is 2.25. The maximum Gasteiger partial charge on any atom is 0.264 e. The van der Waals surface area contributed by atoms with E-state index in [2.05, 4.69) is 5.32 Å². The average molecular weight is 620 g/mol. The van der Waals surface area contributed by atoms with E-state index in [0.717, 1.165) is 22.0 Å². The van der Waals surface area contributed by atoms with E-state index >= 15 is 0 Å². The van der Waals surface area contributed by atoms with Crippen LogP contribution in [0.2, 0.25) is 0 Å². The molecular formula is C34H35F2N3O4S. The number of carbonyl (C=O) groups excluding carboxylic acids is 2. The minimum atomic E-state index is -4.32. The van der Waals surface area contributed by atoms with Crippen molar-refractivity contribution in [2.45, 2.75) is 50.2 Å². The highest BCUT2D eigenvalue weighted by Gasteiger charge is 2.35. The molecule has 230 valence electrons. The number of nitrogens with zero attached hydrogens (tertiary/aromatic N) is 2. The van der Waals surface area contributed by atoms with Gasteiger partial charge in [-0.1, -0.05) is 73.7 Å². The Labute approximate surface area is 257 Å². The number of hydrogen-bond donors (Lipinski definition) is 1. The number of hydrogen-bond acceptors (Lipinski definition) is 4. The Morgan fingerprint density at radius 1 is 0.818 bits per heavy atom. The molecule has 4 rings (SSSR count). The Hall–Kier alpha value is -4.57. The maximum atomic E-state index is 15.0. The van der Waals surface area contributed by atoms with Crippen LogP contribution in [0.25, 0.3) is 0 Å². The molecule has 0 saturated heterocycles. The normalized spacial score (nSPS) is 12.6. The van der Waals surface area contributed by atoms with E-state index in [1.807, 2.05) is 44.2 Å². The molecule has 0 aliphatic heterocycles. The standard InChI is InChI=1S/C34H35F2N3O4S/c1-3-25(2)37-34(41)32(22-26-12-6-4-7-13-26)38(23-27-14-10-11-17-31(27)36)33(40)24-39(29-20-18-28(35)19-21-29)44(42,43)30-15-8-5-9-16-30/h4-21,25,32H,3,22-24H2,1-2H3,(H,37,41)/t25-,32-/m0/s1. The summed E-state index contributed by atoms with van der Waals surface area (Å²) in [4.78, 5) is 29.2. The fourth-order valence-electron chi connectivity index (χ4n) is 4.66. The average Bonchev–Trinajstić information content (AvgIpc) is 3.03. The number of amides is 2. The van der Waals surface area contributed by atoms with Crippen molar-refractivity contribution in [1.82, 2.24) is 10.2 Å². The van der Waals surface area contributed by atoms with Crippen molar-refractivity contribution >= 4 is 27.5 Å². The molecule has 0 radical (unpaired) electrons. The third kappa shape index (κ3) is 8.08. The van der Waals surface area contributed by atoms with Crippen molar-refractivity contribution < 1.29 is 26.8 Å². The Balaban J connectivity index is 1.80. The molecule has 0 bridgehead atoms. The topological polar surface area (TPSA) is 86.8 Å². The molecule has 0 unspecified atom stereocenters. The van der Waals surface area contributed by atoms with Crippen LogP contribution in [0.1, 0.15) is 31.4 Å². The number of sulfonamides is 1. The first-order valence-electron chi connectivity index (χ1n) is 14.3. The Bertz CT molecular complexity index is 1650. The van der Waals surface area contributed by atoms with Crippen molar-refractivity contribution in [2.24, 2.45) is 0 Å². The summed E-state index contributed by atoms with van der Waals surface area (Å²) < 4.78 is 57.5. The molecule has 44 heavy (non-hydrogen) atoms. The van der Waals surface area contributed by atoms with Crippen LogP contribution in [-0.2, 0) is 32.6 Å². The monoisotopic (exact) mass is 619 g/mol. The number of carbonyl (C=O) groups is 2. The van der Waals surface area contributed by atoms with Gasteiger partial charge < -0.3 is 10.2 Å². The minimum absolute atomic E-state index is 0.0538. The van der Waals surface area contributed by atoms with Crippen molar-refractivity contribution in [3.05, 3.63) is 132 Å². The van der Waals surface area contributed by atoms with E-state index in [9.17, 15) is 26.8 Å². The zero-order chi connectivity index (χ0) is 31.7. The quantitative estimate of drug-likeness (QED) is 0.208. The van der Waals surface area contributed by atoms with Crippen LogP contribution in [-0.4, -0.2) is 43.8 Å². The summed E-state index contributed by atoms with van der Waals surface area (Å²) in [5.74, 6) is -2.34. The zero-order valence-electron chi connectivity index (χ0n) is 24.6. The zero-order valence-corrected chi connectivity index (χ0v) is 25.4. The van der Waals surface area contributed by atoms with Crippen molar-refractivity contribution in [3.8, 4) is 0 Å². The first-order valence-corrected chi connectivity index (χ1v) is 15.7. The predicted octanol–water partition coefficient (Wildman–Crippen LogP) is 5.71. The fourth-order valence-corrected chi connectivity index (χ4v) is 6.10. The van der Waals surface area contributed by atoms with Gasteiger partial charge in [-0.15, -0.1) is 0 Å². The van der Waals surface area contributed by atoms with E-state index in [1.54, 1.807) is 24.3 Å². The Morgan fingerprint density at radius 3 is 2.02 bits per heavy atom. The third-order valence-electron chi connectivity index (χ3n) is 7.30. The van der Waals surface area contributed by atoms with Gasteiger partial charge in [0.1, 0.15) is 24.2 Å². The summed E-state index contributed by atoms with van der Waals surface area (Å²) in [5, 5.41) is 2.93. The highest BCUT2D eigenvalue weighted by atomic mass is 32.2. The van der Waals surface area contributed by atoms with E-state index in [0.29, 0.717) is 6.42 Å². The second kappa shape index (κ2) is 14.7. The first-order chi connectivity index (χ1) is 21.1. The summed E-state index contributed by atoms with van der Waals surface area (Å²) in [5.41, 5.74) is 0.975. The Kier molecular flexibility index (Phi) is 10.8. The molecular weight excluding hydrogens is 584 g/mol. The van der Waals surface area contributed by atoms with Crippen LogP contribution in [0, 0.1) is 11.6 Å². The lowest BCUT2D eigenvalue weighted by Crippen LogP contribution is -2.54. The largest absolute Gasteiger partial charge is 0.352 e. The molecule has 0 heterocycles. The second-order valence-electron chi connectivity index (χ2n) is 10.4. The molecule has 0 aromatic heterocycles. The third-order valence-corrected chi connectivity index (χ3v) is 9.08. The van der Waals surface area contributed by atoms with Crippen LogP contribution >= 0.6 is 0 Å². The van der Waals surface area contributed by atoms with E-state index in [-0.39, 0.29) is 35.2 Å². The number of anilines is 1. The molecule has 2 atom stereocenters. The molecule has 1 N–H and O–H groups in total. The van der Waals surface area contributed by atoms with Gasteiger partial charge in [0.15, 0.2) is 0 Å². The maximum absolute atomic E-state index is 15.0. The number of benzene rings is 4. The summed E-state index contributed by atoms with van der Waals surface area (Å²) in [6.45, 7) is 2.73. The molecule has 0 aliphatic rings. The molecule has 7 nitrogen and oxygen atoms in total. The number of rotatable bonds is 13. The molecule has 4 aromatic carbocycles. The van der Waals surface area contributed by atoms with E-state index in [1.165, 1.54) is 47.4 Å². The van der Waals surface area contributed by atoms with Crippen molar-refractivity contribution in [1.29, 1.82) is 0 Å². The van der Waals surface area contributed by atoms with Crippen LogP contribution in [0.5, 0.6) is 0 Å². The van der Waals surface area contributed by atoms with Gasteiger partial charge in [0.05, 0.1) is 10.6 Å². The van der Waals surface area contributed by atoms with Crippen LogP contribution in [0.3, 0.4) is 0 Å². The van der Waals surface area contributed by atoms with Gasteiger partial charge in [-0.25, -0.2) is 17.2 Å². The van der Waals surface area contributed by atoms with Crippen LogP contribution in [0.4, 0.5) is 14.5 Å². The lowest BCUT2D eigenvalue weighted by atomic mass is 10.0. The lowest BCUT2D eigenvalue weighted by Gasteiger charge is -2.34. The summed E-state index contributed by atoms with van der Waals surface area (Å²) >= 11 is 0. The van der Waals surface area contributed by atoms with Gasteiger partial charge >= 0.3 is 0 Å². The van der Waals surface area contributed by atoms with Crippen LogP contribution in [0.15, 0.2) is 114 Å². The summed E-state index contributed by atoms with van der Waals surface area (Å²) in [6.07, 6.45) is 0.740. The van der Waals surface area contributed by atoms with Gasteiger partial charge in [-0.05, 0) is 61.4 Å². The van der Waals surface area contributed by atoms with Gasteiger partial charge in [0, 0.05) is 24.6 Å². The second-order valence-corrected chi connectivity index (χ2v) is 12.3. The predicted molar refractivity (Wildman–Crippen MR) is 166 cm³/mol. The highest BCUT2D eigenvalue weighted by molar-refractivity contribution is 7.92. The molecule has 0 spiro atoms. The van der Waals surface area contributed by atoms with Gasteiger partial charge in [0.2, 0.25) is 11.8 Å². The summed E-state index contributed by atoms with van der Waals surface area (Å²) in [6, 6.07) is 26.0. The van der Waals surface area contributed by atoms with Gasteiger partial charge in [-0.3, -0.25) is 13.9 Å². The molecule has 0 saturated carbocycles. The van der Waals surface area contributed by atoms with Crippen LogP contribution < -0.4 is 9.62 Å². The Morgan fingerprint density at radius 2 is 1.41 bits per heavy atom. The van der Waals surface area contributed by atoms with Crippen molar-refractivity contribution in [3.63, 3.8) is 0 Å². The lowest BCUT2D eigenvalue weighted by molar-refractivity contribution is -0.140. The number of nitrogens with one attached hydrogen (secondary N) is 1. The van der Waals surface area contributed by atoms with Gasteiger partial charge in [-0.2, -0.15) is 0 Å². The minimum Gasteiger partial charge on any atom is -0.352 e. The van der Waals surface area contributed by atoms with Crippen molar-refractivity contribution in [2.75, 3.05) is 10.8 Å². The SMILES string of the molecule is CC[C@H](C)NC(=O)[C@H](Cc1ccccc1)N(Cc1ccccc1F)C(=O)CN(c1ccc(F)cc1)S(=O)(=O)c1ccccc1. The van der Waals surface area contributed by atoms with E-state index in [4.69, 9.17) is 0 Å². The molecule has 0 fully saturated rings. The molecule has 4 aromatic rings. The van der Waals surface area contributed by atoms with Gasteiger partial charge in [0.25, 0.3) is 10.0 Å². The molecule has 2 amide bonds. The molecule has 0 aliphatic carbocycles. The smallest absolute Gasteiger partial charge is 0.264 e.